The van der Waals surface area contributed by atoms with Gasteiger partial charge >= 0.3 is 5.97 Å². The third-order valence-electron chi connectivity index (χ3n) is 1.72. The summed E-state index contributed by atoms with van der Waals surface area (Å²) in [5, 5.41) is 0.710. The molecule has 0 aromatic carbocycles. The number of carbonyl (C=O) groups excluding carboxylic acids is 3. The van der Waals surface area contributed by atoms with Crippen LogP contribution in [0, 0.1) is 0 Å². The van der Waals surface area contributed by atoms with Gasteiger partial charge in [0.25, 0.3) is 11.8 Å². The number of esters is 1. The largest absolute Gasteiger partial charge is 0.460 e. The molecule has 1 aliphatic rings. The average molecular weight is 213 g/mol. The van der Waals surface area contributed by atoms with Crippen molar-refractivity contribution in [3.05, 3.63) is 12.7 Å². The van der Waals surface area contributed by atoms with Gasteiger partial charge in [0.15, 0.2) is 0 Å². The normalized spacial score (nSPS) is 15.6. The molecule has 0 N–H and O–H groups in total. The Bertz CT molecular complexity index is 283. The Balaban J connectivity index is 2.20. The van der Waals surface area contributed by atoms with Crippen molar-refractivity contribution >= 4 is 17.8 Å². The van der Waals surface area contributed by atoms with Crippen molar-refractivity contribution in [1.82, 2.24) is 5.06 Å². The summed E-state index contributed by atoms with van der Waals surface area (Å²) >= 11 is 0. The number of hydrogen-bond acceptors (Lipinski definition) is 5. The van der Waals surface area contributed by atoms with Gasteiger partial charge in [-0.25, -0.2) is 4.79 Å². The Hall–Kier alpha value is -1.69. The Morgan fingerprint density at radius 3 is 2.47 bits per heavy atom. The third-order valence-corrected chi connectivity index (χ3v) is 1.72. The molecule has 1 heterocycles. The van der Waals surface area contributed by atoms with Crippen molar-refractivity contribution in [3.63, 3.8) is 0 Å². The summed E-state index contributed by atoms with van der Waals surface area (Å²) in [7, 11) is 0. The number of ether oxygens (including phenoxy) is 1. The predicted molar refractivity (Wildman–Crippen MR) is 48.2 cm³/mol. The highest BCUT2D eigenvalue weighted by atomic mass is 16.7. The van der Waals surface area contributed by atoms with E-state index in [-0.39, 0.29) is 37.9 Å². The Labute approximate surface area is 86.4 Å². The van der Waals surface area contributed by atoms with Crippen LogP contribution in [0.1, 0.15) is 12.8 Å². The summed E-state index contributed by atoms with van der Waals surface area (Å²) < 4.78 is 4.59. The highest BCUT2D eigenvalue weighted by molar-refractivity contribution is 6.00. The number of amides is 2. The molecule has 1 rings (SSSR count). The zero-order valence-electron chi connectivity index (χ0n) is 8.10. The molecule has 0 radical (unpaired) electrons. The van der Waals surface area contributed by atoms with Gasteiger partial charge in [0.2, 0.25) is 0 Å². The van der Waals surface area contributed by atoms with Crippen molar-refractivity contribution in [2.75, 3.05) is 13.2 Å². The van der Waals surface area contributed by atoms with E-state index in [9.17, 15) is 14.4 Å². The maximum absolute atomic E-state index is 11.0. The summed E-state index contributed by atoms with van der Waals surface area (Å²) in [5.74, 6) is -1.30. The molecule has 82 valence electrons. The minimum absolute atomic E-state index is 0.0259. The first-order chi connectivity index (χ1) is 7.15. The first-order valence-corrected chi connectivity index (χ1v) is 4.43. The molecular formula is C9H11NO5. The van der Waals surface area contributed by atoms with Crippen molar-refractivity contribution in [2.24, 2.45) is 0 Å². The van der Waals surface area contributed by atoms with E-state index < -0.39 is 5.97 Å². The van der Waals surface area contributed by atoms with Crippen LogP contribution in [-0.4, -0.2) is 36.1 Å². The van der Waals surface area contributed by atoms with Gasteiger partial charge in [-0.2, -0.15) is 5.06 Å². The summed E-state index contributed by atoms with van der Waals surface area (Å²) in [6, 6.07) is 0. The quantitative estimate of drug-likeness (QED) is 0.273. The lowest BCUT2D eigenvalue weighted by Gasteiger charge is -2.12. The summed E-state index contributed by atoms with van der Waals surface area (Å²) in [4.78, 5) is 37.5. The highest BCUT2D eigenvalue weighted by Crippen LogP contribution is 2.11. The van der Waals surface area contributed by atoms with Gasteiger partial charge < -0.3 is 4.74 Å². The van der Waals surface area contributed by atoms with Crippen LogP contribution in [0.25, 0.3) is 0 Å². The maximum atomic E-state index is 11.0. The van der Waals surface area contributed by atoms with Crippen LogP contribution >= 0.6 is 0 Å². The smallest absolute Gasteiger partial charge is 0.330 e. The minimum atomic E-state index is -0.572. The van der Waals surface area contributed by atoms with Crippen LogP contribution in [0.5, 0.6) is 0 Å². The number of hydroxylamine groups is 2. The lowest BCUT2D eigenvalue weighted by molar-refractivity contribution is -0.190. The Morgan fingerprint density at radius 1 is 1.33 bits per heavy atom. The van der Waals surface area contributed by atoms with Gasteiger partial charge in [-0.15, -0.1) is 0 Å². The van der Waals surface area contributed by atoms with Crippen molar-refractivity contribution in [2.45, 2.75) is 12.8 Å². The molecule has 6 heteroatoms. The van der Waals surface area contributed by atoms with Crippen molar-refractivity contribution in [1.29, 1.82) is 0 Å². The van der Waals surface area contributed by atoms with Crippen molar-refractivity contribution in [3.8, 4) is 0 Å². The first-order valence-electron chi connectivity index (χ1n) is 4.43. The minimum Gasteiger partial charge on any atom is -0.460 e. The van der Waals surface area contributed by atoms with Crippen LogP contribution in [0.15, 0.2) is 12.7 Å². The molecule has 0 aromatic heterocycles. The second-order valence-electron chi connectivity index (χ2n) is 2.79. The molecule has 6 nitrogen and oxygen atoms in total. The van der Waals surface area contributed by atoms with Crippen LogP contribution < -0.4 is 0 Å². The monoisotopic (exact) mass is 213 g/mol. The molecule has 1 fully saturated rings. The van der Waals surface area contributed by atoms with Crippen LogP contribution in [0.2, 0.25) is 0 Å². The second kappa shape index (κ2) is 5.26. The van der Waals surface area contributed by atoms with Crippen LogP contribution in [-0.2, 0) is 24.0 Å². The van der Waals surface area contributed by atoms with Crippen molar-refractivity contribution < 1.29 is 24.0 Å². The molecule has 0 bridgehead atoms. The molecule has 0 aromatic rings. The maximum Gasteiger partial charge on any atom is 0.330 e. The molecule has 0 atom stereocenters. The fourth-order valence-electron chi connectivity index (χ4n) is 1.03. The fourth-order valence-corrected chi connectivity index (χ4v) is 1.03. The lowest BCUT2D eigenvalue weighted by Crippen LogP contribution is -2.30. The number of nitrogens with zero attached hydrogens (tertiary/aromatic N) is 1. The number of imide groups is 1. The van der Waals surface area contributed by atoms with E-state index in [1.54, 1.807) is 0 Å². The van der Waals surface area contributed by atoms with E-state index in [4.69, 9.17) is 4.84 Å². The molecule has 0 aliphatic carbocycles. The number of hydrogen-bond donors (Lipinski definition) is 0. The molecular weight excluding hydrogens is 202 g/mol. The fraction of sp³-hybridized carbons (Fsp3) is 0.444. The molecule has 2 amide bonds. The van der Waals surface area contributed by atoms with Gasteiger partial charge in [-0.1, -0.05) is 6.58 Å². The molecule has 1 aliphatic heterocycles. The standard InChI is InChI=1S/C9H11NO5/c1-2-9(13)14-5-6-15-10-7(11)3-4-8(10)12/h2H,1,3-6H2. The molecule has 0 saturated carbocycles. The Morgan fingerprint density at radius 2 is 1.93 bits per heavy atom. The van der Waals surface area contributed by atoms with E-state index in [0.717, 1.165) is 6.08 Å². The summed E-state index contributed by atoms with van der Waals surface area (Å²) in [5.41, 5.74) is 0. The third kappa shape index (κ3) is 3.17. The van der Waals surface area contributed by atoms with E-state index in [2.05, 4.69) is 11.3 Å². The summed E-state index contributed by atoms with van der Waals surface area (Å²) in [6.45, 7) is 3.15. The van der Waals surface area contributed by atoms with Gasteiger partial charge in [0, 0.05) is 18.9 Å². The molecule has 0 unspecified atom stereocenters. The first kappa shape index (κ1) is 11.4. The molecule has 15 heavy (non-hydrogen) atoms. The Kier molecular flexibility index (Phi) is 3.99. The second-order valence-corrected chi connectivity index (χ2v) is 2.79. The van der Waals surface area contributed by atoms with Gasteiger partial charge in [0.1, 0.15) is 13.2 Å². The number of rotatable bonds is 5. The van der Waals surface area contributed by atoms with Gasteiger partial charge in [-0.3, -0.25) is 14.4 Å². The zero-order chi connectivity index (χ0) is 11.3. The molecule has 0 spiro atoms. The predicted octanol–water partition coefficient (Wildman–Crippen LogP) is -0.204. The highest BCUT2D eigenvalue weighted by Gasteiger charge is 2.29. The summed E-state index contributed by atoms with van der Waals surface area (Å²) in [6.07, 6.45) is 1.36. The van der Waals surface area contributed by atoms with E-state index in [0.29, 0.717) is 5.06 Å². The lowest BCUT2D eigenvalue weighted by atomic mass is 10.4. The zero-order valence-corrected chi connectivity index (χ0v) is 8.10. The van der Waals surface area contributed by atoms with E-state index >= 15 is 0 Å². The topological polar surface area (TPSA) is 72.9 Å². The average Bonchev–Trinajstić information content (AvgIpc) is 2.54. The van der Waals surface area contributed by atoms with E-state index in [1.807, 2.05) is 0 Å². The van der Waals surface area contributed by atoms with Crippen LogP contribution in [0.3, 0.4) is 0 Å². The van der Waals surface area contributed by atoms with Gasteiger partial charge in [-0.05, 0) is 0 Å². The van der Waals surface area contributed by atoms with E-state index in [1.165, 1.54) is 0 Å². The SMILES string of the molecule is C=CC(=O)OCCON1C(=O)CCC1=O. The van der Waals surface area contributed by atoms with Crippen LogP contribution in [0.4, 0.5) is 0 Å². The van der Waals surface area contributed by atoms with Gasteiger partial charge in [0.05, 0.1) is 0 Å². The molecule has 1 saturated heterocycles. The number of carbonyl (C=O) groups is 3.